The van der Waals surface area contributed by atoms with Crippen LogP contribution in [0.1, 0.15) is 19.8 Å². The standard InChI is InChI=1S/C9H18N2O3S/c1-8(10)9(2-3-9)15(12,13)11-4-6-14-7-5-11/h8H,2-7,10H2,1H3. The van der Waals surface area contributed by atoms with Gasteiger partial charge in [0.25, 0.3) is 0 Å². The highest BCUT2D eigenvalue weighted by Gasteiger charge is 2.59. The van der Waals surface area contributed by atoms with Crippen molar-refractivity contribution in [2.45, 2.75) is 30.6 Å². The van der Waals surface area contributed by atoms with Gasteiger partial charge in [0.2, 0.25) is 10.0 Å². The minimum absolute atomic E-state index is 0.287. The Balaban J connectivity index is 2.19. The molecule has 0 bridgehead atoms. The van der Waals surface area contributed by atoms with Gasteiger partial charge in [0, 0.05) is 19.1 Å². The summed E-state index contributed by atoms with van der Waals surface area (Å²) in [5, 5.41) is 0. The highest BCUT2D eigenvalue weighted by Crippen LogP contribution is 2.47. The lowest BCUT2D eigenvalue weighted by atomic mass is 10.2. The molecular weight excluding hydrogens is 216 g/mol. The van der Waals surface area contributed by atoms with Crippen molar-refractivity contribution in [2.75, 3.05) is 26.3 Å². The monoisotopic (exact) mass is 234 g/mol. The summed E-state index contributed by atoms with van der Waals surface area (Å²) >= 11 is 0. The number of hydrogen-bond acceptors (Lipinski definition) is 4. The fraction of sp³-hybridized carbons (Fsp3) is 1.00. The van der Waals surface area contributed by atoms with E-state index >= 15 is 0 Å². The molecule has 1 aliphatic heterocycles. The summed E-state index contributed by atoms with van der Waals surface area (Å²) in [5.41, 5.74) is 5.79. The molecule has 0 aromatic heterocycles. The van der Waals surface area contributed by atoms with Gasteiger partial charge in [-0.05, 0) is 19.8 Å². The van der Waals surface area contributed by atoms with Crippen molar-refractivity contribution in [1.82, 2.24) is 4.31 Å². The van der Waals surface area contributed by atoms with Crippen molar-refractivity contribution in [1.29, 1.82) is 0 Å². The number of sulfonamides is 1. The zero-order chi connectivity index (χ0) is 11.1. The lowest BCUT2D eigenvalue weighted by molar-refractivity contribution is 0.0723. The van der Waals surface area contributed by atoms with Gasteiger partial charge >= 0.3 is 0 Å². The van der Waals surface area contributed by atoms with E-state index in [2.05, 4.69) is 0 Å². The molecule has 6 heteroatoms. The van der Waals surface area contributed by atoms with Gasteiger partial charge in [0.1, 0.15) is 4.75 Å². The van der Waals surface area contributed by atoms with Crippen molar-refractivity contribution in [2.24, 2.45) is 5.73 Å². The van der Waals surface area contributed by atoms with E-state index in [1.807, 2.05) is 0 Å². The van der Waals surface area contributed by atoms with Gasteiger partial charge in [-0.2, -0.15) is 4.31 Å². The summed E-state index contributed by atoms with van der Waals surface area (Å²) in [7, 11) is -3.22. The fourth-order valence-electron chi connectivity index (χ4n) is 2.12. The molecular formula is C9H18N2O3S. The molecule has 1 saturated heterocycles. The minimum Gasteiger partial charge on any atom is -0.379 e. The van der Waals surface area contributed by atoms with Gasteiger partial charge in [-0.15, -0.1) is 0 Å². The molecule has 2 aliphatic rings. The Hall–Kier alpha value is -0.170. The minimum atomic E-state index is -3.22. The summed E-state index contributed by atoms with van der Waals surface area (Å²) in [6.07, 6.45) is 1.40. The largest absolute Gasteiger partial charge is 0.379 e. The Morgan fingerprint density at radius 2 is 1.87 bits per heavy atom. The van der Waals surface area contributed by atoms with E-state index in [0.717, 1.165) is 0 Å². The molecule has 1 heterocycles. The second-order valence-corrected chi connectivity index (χ2v) is 6.65. The van der Waals surface area contributed by atoms with Crippen LogP contribution in [-0.2, 0) is 14.8 Å². The molecule has 88 valence electrons. The van der Waals surface area contributed by atoms with Gasteiger partial charge in [0.15, 0.2) is 0 Å². The first-order valence-corrected chi connectivity index (χ1v) is 6.78. The molecule has 0 aromatic rings. The van der Waals surface area contributed by atoms with Crippen molar-refractivity contribution in [3.63, 3.8) is 0 Å². The first kappa shape index (κ1) is 11.3. The normalized spacial score (nSPS) is 28.7. The van der Waals surface area contributed by atoms with Gasteiger partial charge in [-0.25, -0.2) is 8.42 Å². The zero-order valence-corrected chi connectivity index (χ0v) is 9.79. The molecule has 1 unspecified atom stereocenters. The molecule has 15 heavy (non-hydrogen) atoms. The highest BCUT2D eigenvalue weighted by atomic mass is 32.2. The number of ether oxygens (including phenoxy) is 1. The molecule has 0 radical (unpaired) electrons. The Bertz CT molecular complexity index is 329. The smallest absolute Gasteiger partial charge is 0.221 e. The number of nitrogens with zero attached hydrogens (tertiary/aromatic N) is 1. The molecule has 2 rings (SSSR count). The second kappa shape index (κ2) is 3.69. The highest BCUT2D eigenvalue weighted by molar-refractivity contribution is 7.90. The molecule has 5 nitrogen and oxygen atoms in total. The molecule has 0 spiro atoms. The van der Waals surface area contributed by atoms with Gasteiger partial charge in [0.05, 0.1) is 13.2 Å². The van der Waals surface area contributed by atoms with Crippen LogP contribution in [0, 0.1) is 0 Å². The van der Waals surface area contributed by atoms with Gasteiger partial charge < -0.3 is 10.5 Å². The SMILES string of the molecule is CC(N)C1(S(=O)(=O)N2CCOCC2)CC1. The average molecular weight is 234 g/mol. The summed E-state index contributed by atoms with van der Waals surface area (Å²) in [6, 6.07) is -0.287. The van der Waals surface area contributed by atoms with Crippen LogP contribution in [0.25, 0.3) is 0 Å². The summed E-state index contributed by atoms with van der Waals surface area (Å²) in [5.74, 6) is 0. The van der Waals surface area contributed by atoms with Crippen molar-refractivity contribution >= 4 is 10.0 Å². The maximum Gasteiger partial charge on any atom is 0.221 e. The van der Waals surface area contributed by atoms with Crippen LogP contribution in [0.3, 0.4) is 0 Å². The van der Waals surface area contributed by atoms with E-state index in [4.69, 9.17) is 10.5 Å². The van der Waals surface area contributed by atoms with E-state index in [-0.39, 0.29) is 6.04 Å². The van der Waals surface area contributed by atoms with E-state index in [9.17, 15) is 8.42 Å². The third-order valence-corrected chi connectivity index (χ3v) is 6.25. The molecule has 1 atom stereocenters. The molecule has 0 amide bonds. The number of hydrogen-bond donors (Lipinski definition) is 1. The van der Waals surface area contributed by atoms with Gasteiger partial charge in [-0.3, -0.25) is 0 Å². The van der Waals surface area contributed by atoms with Crippen LogP contribution in [0.2, 0.25) is 0 Å². The van der Waals surface area contributed by atoms with E-state index in [1.54, 1.807) is 6.92 Å². The molecule has 1 saturated carbocycles. The van der Waals surface area contributed by atoms with E-state index in [1.165, 1.54) is 4.31 Å². The fourth-order valence-corrected chi connectivity index (χ4v) is 4.35. The maximum absolute atomic E-state index is 12.3. The number of rotatable bonds is 3. The first-order chi connectivity index (χ1) is 7.01. The molecule has 2 N–H and O–H groups in total. The third-order valence-electron chi connectivity index (χ3n) is 3.40. The van der Waals surface area contributed by atoms with E-state index in [0.29, 0.717) is 39.1 Å². The van der Waals surface area contributed by atoms with Crippen LogP contribution in [0.4, 0.5) is 0 Å². The maximum atomic E-state index is 12.3. The topological polar surface area (TPSA) is 72.6 Å². The van der Waals surface area contributed by atoms with Crippen molar-refractivity contribution in [3.8, 4) is 0 Å². The van der Waals surface area contributed by atoms with Crippen LogP contribution in [-0.4, -0.2) is 49.8 Å². The number of nitrogens with two attached hydrogens (primary N) is 1. The summed E-state index contributed by atoms with van der Waals surface area (Å²) in [4.78, 5) is 0. The Labute approximate surface area is 90.6 Å². The molecule has 0 aromatic carbocycles. The predicted octanol–water partition coefficient (Wildman–Crippen LogP) is -0.472. The third kappa shape index (κ3) is 1.69. The lowest BCUT2D eigenvalue weighted by Gasteiger charge is -2.31. The quantitative estimate of drug-likeness (QED) is 0.716. The van der Waals surface area contributed by atoms with Crippen LogP contribution in [0.5, 0.6) is 0 Å². The zero-order valence-electron chi connectivity index (χ0n) is 8.98. The van der Waals surface area contributed by atoms with Crippen LogP contribution < -0.4 is 5.73 Å². The lowest BCUT2D eigenvalue weighted by Crippen LogP contribution is -2.51. The Morgan fingerprint density at radius 3 is 2.27 bits per heavy atom. The second-order valence-electron chi connectivity index (χ2n) is 4.37. The molecule has 2 fully saturated rings. The Morgan fingerprint density at radius 1 is 1.33 bits per heavy atom. The van der Waals surface area contributed by atoms with Crippen LogP contribution in [0.15, 0.2) is 0 Å². The summed E-state index contributed by atoms with van der Waals surface area (Å²) in [6.45, 7) is 3.71. The first-order valence-electron chi connectivity index (χ1n) is 5.34. The molecule has 1 aliphatic carbocycles. The Kier molecular flexibility index (Phi) is 2.79. The summed E-state index contributed by atoms with van der Waals surface area (Å²) < 4.78 is 30.6. The van der Waals surface area contributed by atoms with Crippen molar-refractivity contribution in [3.05, 3.63) is 0 Å². The number of morpholine rings is 1. The average Bonchev–Trinajstić information content (AvgIpc) is 3.00. The predicted molar refractivity (Wildman–Crippen MR) is 56.9 cm³/mol. The van der Waals surface area contributed by atoms with Gasteiger partial charge in [-0.1, -0.05) is 0 Å². The van der Waals surface area contributed by atoms with E-state index < -0.39 is 14.8 Å². The van der Waals surface area contributed by atoms with Crippen LogP contribution >= 0.6 is 0 Å². The van der Waals surface area contributed by atoms with Crippen molar-refractivity contribution < 1.29 is 13.2 Å².